The molecule has 0 N–H and O–H groups in total. The second-order valence-corrected chi connectivity index (χ2v) is 8.73. The molecule has 2 fully saturated rings. The van der Waals surface area contributed by atoms with E-state index in [-0.39, 0.29) is 47.9 Å². The molecule has 1 saturated heterocycles. The van der Waals surface area contributed by atoms with E-state index in [1.54, 1.807) is 18.2 Å². The number of nitrogens with zero attached hydrogens (tertiary/aromatic N) is 3. The molecule has 2 aromatic carbocycles. The fourth-order valence-electron chi connectivity index (χ4n) is 4.92. The van der Waals surface area contributed by atoms with Gasteiger partial charge in [0.15, 0.2) is 0 Å². The van der Waals surface area contributed by atoms with E-state index in [2.05, 4.69) is 17.3 Å². The Kier molecular flexibility index (Phi) is 5.04. The van der Waals surface area contributed by atoms with E-state index in [0.717, 1.165) is 17.1 Å². The molecule has 2 aromatic rings. The number of rotatable bonds is 6. The largest absolute Gasteiger partial charge is 0.488 e. The minimum absolute atomic E-state index is 0.0468. The van der Waals surface area contributed by atoms with E-state index in [9.17, 15) is 14.0 Å². The van der Waals surface area contributed by atoms with E-state index in [0.29, 0.717) is 16.9 Å². The van der Waals surface area contributed by atoms with Gasteiger partial charge in [-0.05, 0) is 36.5 Å². The zero-order valence-electron chi connectivity index (χ0n) is 17.9. The standard InChI is InChI=1S/C25H24FN3O3/c1-28(2)19-10-9-17(21(12-19)32-14-18-5-3-4-6-20(18)26)13-27-29-24(30)22-15-7-8-16(11-15)23(22)25(29)31/h3-10,12-13,15-16,22-23H,11,14H2,1-2H3/t15-,16-,22-,23+/m0/s1. The zero-order chi connectivity index (χ0) is 22.4. The number of amides is 2. The van der Waals surface area contributed by atoms with Crippen LogP contribution in [0.15, 0.2) is 59.7 Å². The van der Waals surface area contributed by atoms with Crippen molar-refractivity contribution in [1.82, 2.24) is 5.01 Å². The third-order valence-corrected chi connectivity index (χ3v) is 6.61. The van der Waals surface area contributed by atoms with Crippen LogP contribution in [0, 0.1) is 29.5 Å². The monoisotopic (exact) mass is 433 g/mol. The number of hydrogen-bond donors (Lipinski definition) is 0. The zero-order valence-corrected chi connectivity index (χ0v) is 17.9. The number of imide groups is 1. The average Bonchev–Trinajstić information content (AvgIpc) is 3.46. The molecule has 1 aliphatic heterocycles. The van der Waals surface area contributed by atoms with Crippen LogP contribution in [0.25, 0.3) is 0 Å². The van der Waals surface area contributed by atoms with Gasteiger partial charge in [-0.25, -0.2) is 4.39 Å². The van der Waals surface area contributed by atoms with E-state index < -0.39 is 0 Å². The molecule has 6 nitrogen and oxygen atoms in total. The van der Waals surface area contributed by atoms with Gasteiger partial charge in [0.05, 0.1) is 18.1 Å². The Bertz CT molecular complexity index is 1110. The lowest BCUT2D eigenvalue weighted by atomic mass is 9.85. The number of allylic oxidation sites excluding steroid dienone is 2. The van der Waals surface area contributed by atoms with Crippen molar-refractivity contribution in [3.8, 4) is 5.75 Å². The summed E-state index contributed by atoms with van der Waals surface area (Å²) < 4.78 is 19.9. The van der Waals surface area contributed by atoms with E-state index >= 15 is 0 Å². The summed E-state index contributed by atoms with van der Waals surface area (Å²) in [6, 6.07) is 12.0. The predicted octanol–water partition coefficient (Wildman–Crippen LogP) is 3.61. The SMILES string of the molecule is CN(C)c1ccc(C=NN2C(=O)[C@@H]3[C@H](C2=O)[C@H]2C=C[C@H]3C2)c(OCc2ccccc2F)c1. The second kappa shape index (κ2) is 7.89. The Balaban J connectivity index is 1.39. The van der Waals surface area contributed by atoms with Gasteiger partial charge in [-0.15, -0.1) is 0 Å². The van der Waals surface area contributed by atoms with Crippen molar-refractivity contribution in [2.75, 3.05) is 19.0 Å². The minimum atomic E-state index is -0.338. The van der Waals surface area contributed by atoms with E-state index in [1.807, 2.05) is 37.2 Å². The summed E-state index contributed by atoms with van der Waals surface area (Å²) >= 11 is 0. The lowest BCUT2D eigenvalue weighted by molar-refractivity contribution is -0.140. The maximum Gasteiger partial charge on any atom is 0.254 e. The summed E-state index contributed by atoms with van der Waals surface area (Å²) in [4.78, 5) is 27.7. The summed E-state index contributed by atoms with van der Waals surface area (Å²) in [6.45, 7) is 0.0468. The topological polar surface area (TPSA) is 62.2 Å². The first-order valence-corrected chi connectivity index (χ1v) is 10.7. The summed E-state index contributed by atoms with van der Waals surface area (Å²) in [5.41, 5.74) is 1.94. The Morgan fingerprint density at radius 1 is 1.09 bits per heavy atom. The quantitative estimate of drug-likeness (QED) is 0.397. The Hall–Kier alpha value is -3.48. The van der Waals surface area contributed by atoms with Crippen LogP contribution < -0.4 is 9.64 Å². The summed E-state index contributed by atoms with van der Waals surface area (Å²) in [7, 11) is 3.82. The molecule has 1 heterocycles. The molecule has 2 amide bonds. The predicted molar refractivity (Wildman–Crippen MR) is 119 cm³/mol. The first-order chi connectivity index (χ1) is 15.4. The maximum atomic E-state index is 14.0. The lowest BCUT2D eigenvalue weighted by Gasteiger charge is -2.17. The molecule has 0 radical (unpaired) electrons. The van der Waals surface area contributed by atoms with Crippen molar-refractivity contribution in [1.29, 1.82) is 0 Å². The molecule has 0 spiro atoms. The van der Waals surface area contributed by atoms with Gasteiger partial charge < -0.3 is 9.64 Å². The van der Waals surface area contributed by atoms with Gasteiger partial charge in [-0.2, -0.15) is 10.1 Å². The third-order valence-electron chi connectivity index (χ3n) is 6.61. The van der Waals surface area contributed by atoms with Gasteiger partial charge in [0.25, 0.3) is 11.8 Å². The molecule has 4 atom stereocenters. The molecular weight excluding hydrogens is 409 g/mol. The van der Waals surface area contributed by atoms with Crippen LogP contribution in [-0.4, -0.2) is 37.1 Å². The van der Waals surface area contributed by atoms with Crippen LogP contribution in [0.4, 0.5) is 10.1 Å². The number of carbonyl (C=O) groups excluding carboxylic acids is 2. The number of fused-ring (bicyclic) bond motifs is 5. The molecular formula is C25H24FN3O3. The number of halogens is 1. The molecule has 0 unspecified atom stereocenters. The van der Waals surface area contributed by atoms with Gasteiger partial charge in [0, 0.05) is 37.0 Å². The highest BCUT2D eigenvalue weighted by Gasteiger charge is 2.59. The van der Waals surface area contributed by atoms with Crippen molar-refractivity contribution >= 4 is 23.7 Å². The van der Waals surface area contributed by atoms with Crippen LogP contribution in [0.3, 0.4) is 0 Å². The molecule has 3 aliphatic rings. The van der Waals surface area contributed by atoms with Gasteiger partial charge in [-0.3, -0.25) is 9.59 Å². The van der Waals surface area contributed by atoms with Crippen molar-refractivity contribution in [3.63, 3.8) is 0 Å². The third kappa shape index (κ3) is 3.38. The first kappa shape index (κ1) is 20.4. The van der Waals surface area contributed by atoms with Crippen LogP contribution in [0.5, 0.6) is 5.75 Å². The van der Waals surface area contributed by atoms with Crippen LogP contribution >= 0.6 is 0 Å². The van der Waals surface area contributed by atoms with Crippen molar-refractivity contribution in [2.45, 2.75) is 13.0 Å². The fourth-order valence-corrected chi connectivity index (χ4v) is 4.92. The molecule has 2 aliphatic carbocycles. The molecule has 32 heavy (non-hydrogen) atoms. The molecule has 0 aromatic heterocycles. The minimum Gasteiger partial charge on any atom is -0.488 e. The van der Waals surface area contributed by atoms with Crippen LogP contribution in [0.2, 0.25) is 0 Å². The molecule has 5 rings (SSSR count). The average molecular weight is 433 g/mol. The summed E-state index contributed by atoms with van der Waals surface area (Å²) in [6.07, 6.45) is 6.46. The maximum absolute atomic E-state index is 14.0. The molecule has 2 bridgehead atoms. The number of hydrazone groups is 1. The van der Waals surface area contributed by atoms with Gasteiger partial charge in [0.1, 0.15) is 18.2 Å². The molecule has 164 valence electrons. The van der Waals surface area contributed by atoms with E-state index in [1.165, 1.54) is 12.3 Å². The smallest absolute Gasteiger partial charge is 0.254 e. The summed E-state index contributed by atoms with van der Waals surface area (Å²) in [5.74, 6) is -0.608. The highest BCUT2D eigenvalue weighted by molar-refractivity contribution is 6.07. The normalized spacial score (nSPS) is 25.8. The van der Waals surface area contributed by atoms with Gasteiger partial charge in [-0.1, -0.05) is 30.4 Å². The fraction of sp³-hybridized carbons (Fsp3) is 0.320. The van der Waals surface area contributed by atoms with Gasteiger partial charge in [0.2, 0.25) is 0 Å². The van der Waals surface area contributed by atoms with Gasteiger partial charge >= 0.3 is 0 Å². The van der Waals surface area contributed by atoms with Crippen LogP contribution in [0.1, 0.15) is 17.5 Å². The van der Waals surface area contributed by atoms with Crippen molar-refractivity contribution < 1.29 is 18.7 Å². The second-order valence-electron chi connectivity index (χ2n) is 8.73. The van der Waals surface area contributed by atoms with Crippen molar-refractivity contribution in [2.24, 2.45) is 28.8 Å². The Morgan fingerprint density at radius 3 is 2.44 bits per heavy atom. The number of benzene rings is 2. The highest BCUT2D eigenvalue weighted by atomic mass is 19.1. The number of anilines is 1. The first-order valence-electron chi connectivity index (χ1n) is 10.7. The number of ether oxygens (including phenoxy) is 1. The molecule has 7 heteroatoms. The number of hydrogen-bond acceptors (Lipinski definition) is 5. The number of carbonyl (C=O) groups is 2. The van der Waals surface area contributed by atoms with E-state index in [4.69, 9.17) is 4.74 Å². The molecule has 1 saturated carbocycles. The Morgan fingerprint density at radius 2 is 1.78 bits per heavy atom. The highest BCUT2D eigenvalue weighted by Crippen LogP contribution is 2.52. The van der Waals surface area contributed by atoms with Crippen LogP contribution in [-0.2, 0) is 16.2 Å². The summed E-state index contributed by atoms with van der Waals surface area (Å²) in [5, 5.41) is 5.27. The Labute approximate surface area is 186 Å². The lowest BCUT2D eigenvalue weighted by Crippen LogP contribution is -2.28. The van der Waals surface area contributed by atoms with Crippen molar-refractivity contribution in [3.05, 3.63) is 71.6 Å².